The van der Waals surface area contributed by atoms with Crippen LogP contribution in [0.1, 0.15) is 24.4 Å². The van der Waals surface area contributed by atoms with Gasteiger partial charge in [-0.3, -0.25) is 29.8 Å². The average Bonchev–Trinajstić information content (AvgIpc) is 3.35. The lowest BCUT2D eigenvalue weighted by Gasteiger charge is -2.55. The number of anilines is 1. The van der Waals surface area contributed by atoms with Crippen LogP contribution < -0.4 is 20.9 Å². The van der Waals surface area contributed by atoms with Crippen molar-refractivity contribution in [2.24, 2.45) is 5.41 Å². The molecule has 0 saturated carbocycles. The van der Waals surface area contributed by atoms with Crippen LogP contribution in [0, 0.1) is 17.0 Å². The van der Waals surface area contributed by atoms with Gasteiger partial charge in [0.1, 0.15) is 11.6 Å². The normalized spacial score (nSPS) is 23.2. The third-order valence-electron chi connectivity index (χ3n) is 7.13. The SMILES string of the molecule is COC(=O)CNC(=O)Cc1nnc(-c2cc3c(c(F)c2F)N2C[C@H](C)O[C@H](C)C2C2(C3)C(=O)NC(=O)NC2=O)s1. The van der Waals surface area contributed by atoms with E-state index in [-0.39, 0.29) is 52.8 Å². The second-order valence-corrected chi connectivity index (χ2v) is 10.8. The van der Waals surface area contributed by atoms with Crippen LogP contribution in [0.2, 0.25) is 0 Å². The van der Waals surface area contributed by atoms with Gasteiger partial charge in [0.05, 0.1) is 43.0 Å². The maximum atomic E-state index is 15.8. The van der Waals surface area contributed by atoms with Crippen molar-refractivity contribution in [3.8, 4) is 10.6 Å². The third kappa shape index (κ3) is 4.46. The van der Waals surface area contributed by atoms with E-state index in [1.807, 2.05) is 0 Å². The van der Waals surface area contributed by atoms with E-state index in [1.54, 1.807) is 13.8 Å². The molecule has 1 aromatic carbocycles. The smallest absolute Gasteiger partial charge is 0.328 e. The number of morpholine rings is 1. The minimum absolute atomic E-state index is 0.0393. The van der Waals surface area contributed by atoms with E-state index < -0.39 is 65.0 Å². The minimum Gasteiger partial charge on any atom is -0.468 e. The molecule has 4 heterocycles. The standard InChI is InChI=1S/C24H24F2N6O7S/c1-9-8-32-18-11(6-24(19(32)10(2)39-9)21(35)28-23(37)29-22(24)36)4-12(16(25)17(18)26)20-31-30-14(40-20)5-13(33)27-7-15(34)38-3/h4,9-10,19H,5-8H2,1-3H3,(H,27,33)(H2,28,29,35,36,37)/t9-,10+,19?/m0/s1. The van der Waals surface area contributed by atoms with Gasteiger partial charge in [-0.2, -0.15) is 0 Å². The first kappa shape index (κ1) is 27.5. The number of fused-ring (bicyclic) bond motifs is 4. The number of benzene rings is 1. The second kappa shape index (κ2) is 10.2. The van der Waals surface area contributed by atoms with E-state index in [1.165, 1.54) is 18.1 Å². The number of aromatic nitrogens is 2. The molecular weight excluding hydrogens is 554 g/mol. The second-order valence-electron chi connectivity index (χ2n) is 9.72. The Bertz CT molecular complexity index is 1430. The van der Waals surface area contributed by atoms with Crippen molar-refractivity contribution in [1.29, 1.82) is 0 Å². The highest BCUT2D eigenvalue weighted by molar-refractivity contribution is 7.14. The lowest BCUT2D eigenvalue weighted by Crippen LogP contribution is -2.75. The lowest BCUT2D eigenvalue weighted by atomic mass is 9.66. The monoisotopic (exact) mass is 578 g/mol. The number of nitrogens with zero attached hydrogens (tertiary/aromatic N) is 3. The summed E-state index contributed by atoms with van der Waals surface area (Å²) in [6, 6.07) is -0.700. The number of ether oxygens (including phenoxy) is 2. The highest BCUT2D eigenvalue weighted by Crippen LogP contribution is 2.49. The Kier molecular flexibility index (Phi) is 6.99. The topological polar surface area (TPSA) is 169 Å². The molecule has 5 rings (SSSR count). The Balaban J connectivity index is 1.54. The summed E-state index contributed by atoms with van der Waals surface area (Å²) in [5.74, 6) is -5.35. The molecule has 0 radical (unpaired) electrons. The molecule has 212 valence electrons. The Hall–Kier alpha value is -4.05. The van der Waals surface area contributed by atoms with Gasteiger partial charge in [-0.25, -0.2) is 13.6 Å². The zero-order chi connectivity index (χ0) is 28.9. The molecule has 3 aliphatic rings. The van der Waals surface area contributed by atoms with Crippen molar-refractivity contribution in [2.75, 3.05) is 25.1 Å². The first-order valence-corrected chi connectivity index (χ1v) is 13.0. The zero-order valence-electron chi connectivity index (χ0n) is 21.5. The van der Waals surface area contributed by atoms with Crippen molar-refractivity contribution in [3.05, 3.63) is 28.3 Å². The van der Waals surface area contributed by atoms with Crippen molar-refractivity contribution in [3.63, 3.8) is 0 Å². The molecule has 0 aliphatic carbocycles. The fourth-order valence-corrected chi connectivity index (χ4v) is 6.42. The quantitative estimate of drug-likeness (QED) is 0.329. The molecule has 2 saturated heterocycles. The molecule has 1 unspecified atom stereocenters. The summed E-state index contributed by atoms with van der Waals surface area (Å²) in [6.07, 6.45) is -1.81. The van der Waals surface area contributed by atoms with Gasteiger partial charge in [0.15, 0.2) is 22.1 Å². The number of nitrogens with one attached hydrogen (secondary N) is 3. The van der Waals surface area contributed by atoms with Crippen LogP contribution in [0.4, 0.5) is 19.3 Å². The predicted molar refractivity (Wildman–Crippen MR) is 133 cm³/mol. The molecule has 5 amide bonds. The molecule has 3 aliphatic heterocycles. The number of hydrogen-bond acceptors (Lipinski definition) is 11. The average molecular weight is 579 g/mol. The highest BCUT2D eigenvalue weighted by Gasteiger charge is 2.63. The van der Waals surface area contributed by atoms with E-state index in [9.17, 15) is 24.0 Å². The third-order valence-corrected chi connectivity index (χ3v) is 8.09. The first-order chi connectivity index (χ1) is 19.0. The minimum atomic E-state index is -1.87. The van der Waals surface area contributed by atoms with Crippen molar-refractivity contribution in [1.82, 2.24) is 26.1 Å². The van der Waals surface area contributed by atoms with Crippen LogP contribution in [0.15, 0.2) is 6.07 Å². The van der Waals surface area contributed by atoms with Gasteiger partial charge in [-0.05, 0) is 25.5 Å². The summed E-state index contributed by atoms with van der Waals surface area (Å²) in [6.45, 7) is 3.06. The summed E-state index contributed by atoms with van der Waals surface area (Å²) in [5, 5.41) is 14.5. The largest absolute Gasteiger partial charge is 0.468 e. The number of imide groups is 2. The molecule has 40 heavy (non-hydrogen) atoms. The maximum absolute atomic E-state index is 15.8. The summed E-state index contributed by atoms with van der Waals surface area (Å²) < 4.78 is 41.7. The Labute approximate surface area is 229 Å². The van der Waals surface area contributed by atoms with Crippen molar-refractivity contribution in [2.45, 2.75) is 44.9 Å². The predicted octanol–water partition coefficient (Wildman–Crippen LogP) is 0.206. The Morgan fingerprint density at radius 2 is 1.90 bits per heavy atom. The number of amides is 5. The number of carbonyl (C=O) groups is 5. The van der Waals surface area contributed by atoms with E-state index in [0.717, 1.165) is 11.3 Å². The van der Waals surface area contributed by atoms with E-state index in [0.29, 0.717) is 0 Å². The van der Waals surface area contributed by atoms with Gasteiger partial charge in [-0.1, -0.05) is 11.3 Å². The van der Waals surface area contributed by atoms with Crippen LogP contribution in [0.25, 0.3) is 10.6 Å². The fourth-order valence-electron chi connectivity index (χ4n) is 5.57. The zero-order valence-corrected chi connectivity index (χ0v) is 22.3. The summed E-state index contributed by atoms with van der Waals surface area (Å²) >= 11 is 0.837. The molecule has 3 N–H and O–H groups in total. The molecule has 16 heteroatoms. The molecule has 0 bridgehead atoms. The molecule has 1 aromatic heterocycles. The highest BCUT2D eigenvalue weighted by atomic mass is 32.1. The van der Waals surface area contributed by atoms with Gasteiger partial charge in [0.25, 0.3) is 0 Å². The molecule has 1 spiro atoms. The number of halogens is 2. The van der Waals surface area contributed by atoms with Crippen molar-refractivity contribution >= 4 is 46.7 Å². The molecule has 13 nitrogen and oxygen atoms in total. The van der Waals surface area contributed by atoms with E-state index in [4.69, 9.17) is 4.74 Å². The maximum Gasteiger partial charge on any atom is 0.328 e. The number of esters is 1. The molecule has 2 aromatic rings. The number of hydrogen-bond donors (Lipinski definition) is 3. The number of rotatable bonds is 5. The van der Waals surface area contributed by atoms with Gasteiger partial charge in [-0.15, -0.1) is 10.2 Å². The molecule has 2 fully saturated rings. The van der Waals surface area contributed by atoms with Gasteiger partial charge >= 0.3 is 12.0 Å². The summed E-state index contributed by atoms with van der Waals surface area (Å²) in [7, 11) is 1.17. The van der Waals surface area contributed by atoms with Crippen LogP contribution in [0.3, 0.4) is 0 Å². The number of carbonyl (C=O) groups excluding carboxylic acids is 5. The molecule has 3 atom stereocenters. The van der Waals surface area contributed by atoms with Gasteiger partial charge < -0.3 is 19.7 Å². The van der Waals surface area contributed by atoms with Crippen LogP contribution in [-0.2, 0) is 41.5 Å². The number of barbiturate groups is 1. The van der Waals surface area contributed by atoms with Crippen LogP contribution in [-0.4, -0.2) is 78.4 Å². The van der Waals surface area contributed by atoms with Crippen LogP contribution in [0.5, 0.6) is 0 Å². The fraction of sp³-hybridized carbons (Fsp3) is 0.458. The van der Waals surface area contributed by atoms with Crippen LogP contribution >= 0.6 is 11.3 Å². The lowest BCUT2D eigenvalue weighted by molar-refractivity contribution is -0.153. The molecular formula is C24H24F2N6O7S. The Morgan fingerprint density at radius 3 is 2.58 bits per heavy atom. The number of urea groups is 1. The van der Waals surface area contributed by atoms with Gasteiger partial charge in [0, 0.05) is 13.0 Å². The van der Waals surface area contributed by atoms with Gasteiger partial charge in [0.2, 0.25) is 17.7 Å². The summed E-state index contributed by atoms with van der Waals surface area (Å²) in [4.78, 5) is 63.2. The van der Waals surface area contributed by atoms with E-state index in [2.05, 4.69) is 30.9 Å². The summed E-state index contributed by atoms with van der Waals surface area (Å²) in [5.41, 5.74) is -2.10. The van der Waals surface area contributed by atoms with E-state index >= 15 is 8.78 Å². The Morgan fingerprint density at radius 1 is 1.20 bits per heavy atom. The first-order valence-electron chi connectivity index (χ1n) is 12.2. The van der Waals surface area contributed by atoms with Crippen molar-refractivity contribution < 1.29 is 42.2 Å². The number of methoxy groups -OCH3 is 1.